The number of benzene rings is 2. The molecule has 20 heavy (non-hydrogen) atoms. The zero-order valence-corrected chi connectivity index (χ0v) is 13.1. The van der Waals surface area contributed by atoms with Crippen LogP contribution in [0.3, 0.4) is 0 Å². The summed E-state index contributed by atoms with van der Waals surface area (Å²) in [4.78, 5) is 10.4. The van der Waals surface area contributed by atoms with Crippen LogP contribution in [-0.2, 0) is 5.33 Å². The number of halogens is 3. The molecule has 4 nitrogen and oxygen atoms in total. The molecule has 0 saturated carbocycles. The maximum absolute atomic E-state index is 11.0. The van der Waals surface area contributed by atoms with Crippen LogP contribution in [-0.4, -0.2) is 4.92 Å². The van der Waals surface area contributed by atoms with Crippen molar-refractivity contribution in [3.05, 3.63) is 62.1 Å². The van der Waals surface area contributed by atoms with Gasteiger partial charge in [-0.05, 0) is 23.8 Å². The summed E-state index contributed by atoms with van der Waals surface area (Å²) in [5.41, 5.74) is 0.804. The van der Waals surface area contributed by atoms with Crippen LogP contribution in [0.1, 0.15) is 5.56 Å². The Kier molecular flexibility index (Phi) is 4.86. The fourth-order valence-electron chi connectivity index (χ4n) is 1.55. The van der Waals surface area contributed by atoms with Crippen LogP contribution in [0.2, 0.25) is 10.0 Å². The molecule has 7 heteroatoms. The topological polar surface area (TPSA) is 52.4 Å². The van der Waals surface area contributed by atoms with Gasteiger partial charge in [0.2, 0.25) is 5.75 Å². The second kappa shape index (κ2) is 6.43. The summed E-state index contributed by atoms with van der Waals surface area (Å²) in [6.45, 7) is 0. The summed E-state index contributed by atoms with van der Waals surface area (Å²) in [5, 5.41) is 12.3. The third-order valence-electron chi connectivity index (χ3n) is 2.49. The van der Waals surface area contributed by atoms with Gasteiger partial charge in [-0.15, -0.1) is 0 Å². The lowest BCUT2D eigenvalue weighted by atomic mass is 10.2. The highest BCUT2D eigenvalue weighted by Gasteiger charge is 2.17. The van der Waals surface area contributed by atoms with Crippen LogP contribution in [0.15, 0.2) is 36.4 Å². The monoisotopic (exact) mass is 375 g/mol. The molecular formula is C13H8BrCl2NO3. The highest BCUT2D eigenvalue weighted by Crippen LogP contribution is 2.37. The van der Waals surface area contributed by atoms with Crippen LogP contribution in [0.5, 0.6) is 11.5 Å². The molecule has 0 bridgehead atoms. The van der Waals surface area contributed by atoms with E-state index in [9.17, 15) is 10.1 Å². The summed E-state index contributed by atoms with van der Waals surface area (Å²) in [7, 11) is 0. The fraction of sp³-hybridized carbons (Fsp3) is 0.0769. The van der Waals surface area contributed by atoms with Crippen molar-refractivity contribution in [1.29, 1.82) is 0 Å². The Bertz CT molecular complexity index is 664. The van der Waals surface area contributed by atoms with Crippen molar-refractivity contribution in [2.45, 2.75) is 5.33 Å². The lowest BCUT2D eigenvalue weighted by molar-refractivity contribution is -0.385. The van der Waals surface area contributed by atoms with E-state index in [0.29, 0.717) is 21.1 Å². The highest BCUT2D eigenvalue weighted by atomic mass is 79.9. The van der Waals surface area contributed by atoms with E-state index in [1.807, 2.05) is 6.07 Å². The third-order valence-corrected chi connectivity index (χ3v) is 3.67. The molecule has 0 spiro atoms. The molecule has 0 aliphatic heterocycles. The van der Waals surface area contributed by atoms with Gasteiger partial charge in [-0.25, -0.2) is 0 Å². The zero-order chi connectivity index (χ0) is 14.7. The second-order valence-electron chi connectivity index (χ2n) is 3.87. The minimum atomic E-state index is -0.535. The Morgan fingerprint density at radius 1 is 1.15 bits per heavy atom. The van der Waals surface area contributed by atoms with Crippen molar-refractivity contribution < 1.29 is 9.66 Å². The molecule has 0 N–H and O–H groups in total. The molecule has 0 unspecified atom stereocenters. The van der Waals surface area contributed by atoms with E-state index in [0.717, 1.165) is 5.56 Å². The number of ether oxygens (including phenoxy) is 1. The molecule has 0 heterocycles. The van der Waals surface area contributed by atoms with Gasteiger partial charge in [-0.2, -0.15) is 0 Å². The van der Waals surface area contributed by atoms with Crippen LogP contribution >= 0.6 is 39.1 Å². The van der Waals surface area contributed by atoms with E-state index in [2.05, 4.69) is 15.9 Å². The number of rotatable bonds is 4. The number of hydrogen-bond donors (Lipinski definition) is 0. The minimum Gasteiger partial charge on any atom is -0.449 e. The van der Waals surface area contributed by atoms with E-state index in [4.69, 9.17) is 27.9 Å². The van der Waals surface area contributed by atoms with Crippen molar-refractivity contribution in [3.63, 3.8) is 0 Å². The van der Waals surface area contributed by atoms with Crippen LogP contribution in [0.25, 0.3) is 0 Å². The van der Waals surface area contributed by atoms with E-state index in [-0.39, 0.29) is 11.4 Å². The standard InChI is InChI=1S/C13H8BrCl2NO3/c14-7-8-1-4-12(10(16)5-8)20-13-6-9(15)2-3-11(13)17(18)19/h1-6H,7H2. The van der Waals surface area contributed by atoms with Gasteiger partial charge < -0.3 is 4.74 Å². The van der Waals surface area contributed by atoms with E-state index in [1.165, 1.54) is 18.2 Å². The summed E-state index contributed by atoms with van der Waals surface area (Å²) in [6.07, 6.45) is 0. The average Bonchev–Trinajstić information content (AvgIpc) is 2.40. The second-order valence-corrected chi connectivity index (χ2v) is 5.27. The zero-order valence-electron chi connectivity index (χ0n) is 9.98. The Hall–Kier alpha value is -1.30. The summed E-state index contributed by atoms with van der Waals surface area (Å²) >= 11 is 15.2. The maximum atomic E-state index is 11.0. The fourth-order valence-corrected chi connectivity index (χ4v) is 2.30. The van der Waals surface area contributed by atoms with E-state index in [1.54, 1.807) is 12.1 Å². The van der Waals surface area contributed by atoms with Gasteiger partial charge in [-0.3, -0.25) is 10.1 Å². The number of nitro benzene ring substituents is 1. The molecule has 0 aromatic heterocycles. The van der Waals surface area contributed by atoms with Crippen molar-refractivity contribution in [2.75, 3.05) is 0 Å². The predicted octanol–water partition coefficient (Wildman–Crippen LogP) is 5.59. The van der Waals surface area contributed by atoms with Gasteiger partial charge >= 0.3 is 5.69 Å². The quantitative estimate of drug-likeness (QED) is 0.397. The van der Waals surface area contributed by atoms with Gasteiger partial charge in [0, 0.05) is 22.5 Å². The maximum Gasteiger partial charge on any atom is 0.311 e. The molecule has 0 saturated heterocycles. The molecular weight excluding hydrogens is 369 g/mol. The van der Waals surface area contributed by atoms with Gasteiger partial charge in [0.25, 0.3) is 0 Å². The van der Waals surface area contributed by atoms with Gasteiger partial charge in [0.15, 0.2) is 0 Å². The van der Waals surface area contributed by atoms with Crippen LogP contribution in [0.4, 0.5) is 5.69 Å². The predicted molar refractivity (Wildman–Crippen MR) is 82.3 cm³/mol. The molecule has 2 aromatic carbocycles. The largest absolute Gasteiger partial charge is 0.449 e. The van der Waals surface area contributed by atoms with E-state index < -0.39 is 4.92 Å². The average molecular weight is 377 g/mol. The first-order valence-corrected chi connectivity index (χ1v) is 7.35. The number of nitrogens with zero attached hydrogens (tertiary/aromatic N) is 1. The van der Waals surface area contributed by atoms with Crippen LogP contribution in [0, 0.1) is 10.1 Å². The van der Waals surface area contributed by atoms with Gasteiger partial charge in [0.1, 0.15) is 5.75 Å². The Morgan fingerprint density at radius 3 is 2.50 bits per heavy atom. The number of alkyl halides is 1. The van der Waals surface area contributed by atoms with Crippen molar-refractivity contribution in [2.24, 2.45) is 0 Å². The molecule has 2 rings (SSSR count). The third kappa shape index (κ3) is 3.42. The molecule has 0 amide bonds. The Labute approximate surface area is 133 Å². The normalized spacial score (nSPS) is 10.3. The molecule has 2 aromatic rings. The van der Waals surface area contributed by atoms with E-state index >= 15 is 0 Å². The SMILES string of the molecule is O=[N+]([O-])c1ccc(Cl)cc1Oc1ccc(CBr)cc1Cl. The highest BCUT2D eigenvalue weighted by molar-refractivity contribution is 9.08. The Balaban J connectivity index is 2.39. The van der Waals surface area contributed by atoms with Crippen molar-refractivity contribution in [3.8, 4) is 11.5 Å². The molecule has 104 valence electrons. The van der Waals surface area contributed by atoms with Crippen LogP contribution < -0.4 is 4.74 Å². The number of hydrogen-bond acceptors (Lipinski definition) is 3. The van der Waals surface area contributed by atoms with Gasteiger partial charge in [0.05, 0.1) is 9.95 Å². The number of nitro groups is 1. The first-order chi connectivity index (χ1) is 9.51. The van der Waals surface area contributed by atoms with Crippen molar-refractivity contribution >= 4 is 44.8 Å². The first-order valence-electron chi connectivity index (χ1n) is 5.47. The first kappa shape index (κ1) is 15.1. The summed E-state index contributed by atoms with van der Waals surface area (Å²) in [6, 6.07) is 9.30. The summed E-state index contributed by atoms with van der Waals surface area (Å²) in [5.74, 6) is 0.387. The van der Waals surface area contributed by atoms with Crippen molar-refractivity contribution in [1.82, 2.24) is 0 Å². The molecule has 0 atom stereocenters. The smallest absolute Gasteiger partial charge is 0.311 e. The van der Waals surface area contributed by atoms with Gasteiger partial charge in [-0.1, -0.05) is 45.2 Å². The molecule has 0 fully saturated rings. The molecule has 0 aliphatic carbocycles. The summed E-state index contributed by atoms with van der Waals surface area (Å²) < 4.78 is 5.51. The molecule has 0 aliphatic rings. The lowest BCUT2D eigenvalue weighted by Gasteiger charge is -2.09. The minimum absolute atomic E-state index is 0.0518. The lowest BCUT2D eigenvalue weighted by Crippen LogP contribution is -1.94. The molecule has 0 radical (unpaired) electrons. The Morgan fingerprint density at radius 2 is 1.90 bits per heavy atom.